The molecule has 6 nitrogen and oxygen atoms in total. The molecule has 0 aliphatic heterocycles. The topological polar surface area (TPSA) is 79.8 Å². The molecule has 4 aromatic rings. The predicted molar refractivity (Wildman–Crippen MR) is 130 cm³/mol. The van der Waals surface area contributed by atoms with Crippen LogP contribution in [0.3, 0.4) is 0 Å². The fourth-order valence-corrected chi connectivity index (χ4v) is 3.87. The molecule has 1 amide bonds. The Kier molecular flexibility index (Phi) is 5.86. The Bertz CT molecular complexity index is 1310. The lowest BCUT2D eigenvalue weighted by Gasteiger charge is -2.13. The number of carbonyl (C=O) groups excluding carboxylic acids is 1. The maximum atomic E-state index is 13.0. The van der Waals surface area contributed by atoms with Gasteiger partial charge in [0.05, 0.1) is 0 Å². The van der Waals surface area contributed by atoms with Gasteiger partial charge in [-0.2, -0.15) is 4.98 Å². The number of benzene rings is 2. The molecule has 0 radical (unpaired) electrons. The van der Waals surface area contributed by atoms with Crippen molar-refractivity contribution in [2.24, 2.45) is 0 Å². The smallest absolute Gasteiger partial charge is 0.255 e. The second kappa shape index (κ2) is 8.75. The Morgan fingerprint density at radius 3 is 2.47 bits per heavy atom. The van der Waals surface area contributed by atoms with Gasteiger partial charge in [0, 0.05) is 41.6 Å². The lowest BCUT2D eigenvalue weighted by Crippen LogP contribution is -2.12. The molecule has 32 heavy (non-hydrogen) atoms. The van der Waals surface area contributed by atoms with Crippen LogP contribution in [-0.4, -0.2) is 27.9 Å². The second-order valence-electron chi connectivity index (χ2n) is 8.29. The highest BCUT2D eigenvalue weighted by Crippen LogP contribution is 2.27. The number of carbonyl (C=O) groups is 1. The van der Waals surface area contributed by atoms with Crippen molar-refractivity contribution < 1.29 is 4.79 Å². The average molecular weight is 426 g/mol. The van der Waals surface area contributed by atoms with E-state index in [-0.39, 0.29) is 5.91 Å². The van der Waals surface area contributed by atoms with Crippen molar-refractivity contribution in [3.63, 3.8) is 0 Å². The largest absolute Gasteiger partial charge is 0.357 e. The zero-order valence-electron chi connectivity index (χ0n) is 19.0. The summed E-state index contributed by atoms with van der Waals surface area (Å²) in [5.41, 5.74) is 7.41. The first-order chi connectivity index (χ1) is 15.4. The predicted octanol–water partition coefficient (Wildman–Crippen LogP) is 5.73. The molecule has 2 aromatic carbocycles. The van der Waals surface area contributed by atoms with Crippen LogP contribution in [-0.2, 0) is 0 Å². The Labute approximate surface area is 188 Å². The van der Waals surface area contributed by atoms with E-state index in [2.05, 4.69) is 52.4 Å². The van der Waals surface area contributed by atoms with Crippen LogP contribution in [0.1, 0.15) is 46.8 Å². The third-order valence-corrected chi connectivity index (χ3v) is 5.62. The fraction of sp³-hybridized carbons (Fsp3) is 0.231. The number of pyridine rings is 1. The molecule has 0 fully saturated rings. The molecule has 0 aliphatic rings. The number of nitrogens with one attached hydrogen (secondary N) is 2. The van der Waals surface area contributed by atoms with Gasteiger partial charge in [-0.3, -0.25) is 4.79 Å². The summed E-state index contributed by atoms with van der Waals surface area (Å²) in [6.45, 7) is 8.43. The van der Waals surface area contributed by atoms with Gasteiger partial charge < -0.3 is 10.6 Å². The molecule has 0 unspecified atom stereocenters. The zero-order valence-corrected chi connectivity index (χ0v) is 19.0. The molecule has 0 saturated carbocycles. The lowest BCUT2D eigenvalue weighted by molar-refractivity contribution is 0.102. The van der Waals surface area contributed by atoms with Gasteiger partial charge in [-0.1, -0.05) is 26.0 Å². The van der Waals surface area contributed by atoms with E-state index in [1.165, 1.54) is 11.1 Å². The summed E-state index contributed by atoms with van der Waals surface area (Å²) in [6.07, 6.45) is 3.53. The number of rotatable bonds is 5. The molecular formula is C26H27N5O. The van der Waals surface area contributed by atoms with E-state index in [1.807, 2.05) is 43.3 Å². The van der Waals surface area contributed by atoms with Crippen molar-refractivity contribution in [2.45, 2.75) is 33.6 Å². The molecule has 0 saturated heterocycles. The highest BCUT2D eigenvalue weighted by Gasteiger charge is 2.12. The van der Waals surface area contributed by atoms with Crippen molar-refractivity contribution in [1.82, 2.24) is 15.0 Å². The molecule has 0 spiro atoms. The fourth-order valence-electron chi connectivity index (χ4n) is 3.87. The van der Waals surface area contributed by atoms with E-state index in [1.54, 1.807) is 19.4 Å². The minimum absolute atomic E-state index is 0.140. The van der Waals surface area contributed by atoms with E-state index < -0.39 is 0 Å². The number of amides is 1. The van der Waals surface area contributed by atoms with Crippen LogP contribution in [0.5, 0.6) is 0 Å². The minimum Gasteiger partial charge on any atom is -0.357 e. The summed E-state index contributed by atoms with van der Waals surface area (Å²) in [7, 11) is 1.77. The summed E-state index contributed by atoms with van der Waals surface area (Å²) >= 11 is 0. The highest BCUT2D eigenvalue weighted by atomic mass is 16.1. The van der Waals surface area contributed by atoms with Gasteiger partial charge in [0.15, 0.2) is 5.65 Å². The Morgan fingerprint density at radius 1 is 0.938 bits per heavy atom. The first-order valence-corrected chi connectivity index (χ1v) is 10.7. The van der Waals surface area contributed by atoms with Gasteiger partial charge >= 0.3 is 0 Å². The van der Waals surface area contributed by atoms with Crippen LogP contribution in [0.25, 0.3) is 22.2 Å². The van der Waals surface area contributed by atoms with Crippen molar-refractivity contribution in [1.29, 1.82) is 0 Å². The molecular weight excluding hydrogens is 398 g/mol. The number of fused-ring (bicyclic) bond motifs is 1. The molecule has 2 N–H and O–H groups in total. The quantitative estimate of drug-likeness (QED) is 0.427. The summed E-state index contributed by atoms with van der Waals surface area (Å²) in [4.78, 5) is 26.1. The van der Waals surface area contributed by atoms with E-state index in [4.69, 9.17) is 0 Å². The van der Waals surface area contributed by atoms with Crippen LogP contribution < -0.4 is 10.6 Å². The zero-order chi connectivity index (χ0) is 22.8. The highest BCUT2D eigenvalue weighted by molar-refractivity contribution is 6.05. The molecule has 0 aliphatic carbocycles. The molecule has 162 valence electrons. The van der Waals surface area contributed by atoms with Gasteiger partial charge in [0.25, 0.3) is 5.91 Å². The van der Waals surface area contributed by atoms with Crippen LogP contribution in [0.2, 0.25) is 0 Å². The van der Waals surface area contributed by atoms with Crippen molar-refractivity contribution >= 4 is 28.6 Å². The molecule has 0 atom stereocenters. The Balaban J connectivity index is 1.63. The number of aromatic nitrogens is 3. The number of anilines is 2. The maximum Gasteiger partial charge on any atom is 0.255 e. The van der Waals surface area contributed by atoms with Crippen LogP contribution in [0, 0.1) is 13.8 Å². The molecule has 2 heterocycles. The monoisotopic (exact) mass is 425 g/mol. The van der Waals surface area contributed by atoms with E-state index in [0.717, 1.165) is 27.8 Å². The molecule has 6 heteroatoms. The van der Waals surface area contributed by atoms with Gasteiger partial charge in [-0.25, -0.2) is 9.97 Å². The van der Waals surface area contributed by atoms with Gasteiger partial charge in [0.1, 0.15) is 0 Å². The van der Waals surface area contributed by atoms with Crippen molar-refractivity contribution in [2.75, 3.05) is 17.7 Å². The molecule has 4 rings (SSSR count). The summed E-state index contributed by atoms with van der Waals surface area (Å²) < 4.78 is 0. The average Bonchev–Trinajstić information content (AvgIpc) is 2.78. The number of hydrogen-bond donors (Lipinski definition) is 2. The third kappa shape index (κ3) is 4.30. The second-order valence-corrected chi connectivity index (χ2v) is 8.29. The van der Waals surface area contributed by atoms with Gasteiger partial charge in [-0.05, 0) is 72.4 Å². The van der Waals surface area contributed by atoms with Gasteiger partial charge in [-0.15, -0.1) is 0 Å². The summed E-state index contributed by atoms with van der Waals surface area (Å²) in [5, 5.41) is 6.79. The maximum absolute atomic E-state index is 13.0. The lowest BCUT2D eigenvalue weighted by atomic mass is 9.97. The first kappa shape index (κ1) is 21.4. The van der Waals surface area contributed by atoms with Crippen molar-refractivity contribution in [3.05, 3.63) is 77.1 Å². The van der Waals surface area contributed by atoms with Crippen molar-refractivity contribution in [3.8, 4) is 11.1 Å². The Hall–Kier alpha value is -3.80. The normalized spacial score (nSPS) is 11.1. The van der Waals surface area contributed by atoms with Crippen LogP contribution >= 0.6 is 0 Å². The number of hydrogen-bond acceptors (Lipinski definition) is 5. The summed E-state index contributed by atoms with van der Waals surface area (Å²) in [6, 6.07) is 13.8. The van der Waals surface area contributed by atoms with E-state index >= 15 is 0 Å². The number of aryl methyl sites for hydroxylation is 2. The standard InChI is InChI=1S/C26H27N5O/c1-15(2)22-9-8-21(10-17(22)4)30-25(32)18-7-6-16(3)23(12-18)19-11-20-14-29-26(27-5)31-24(20)28-13-19/h6-15H,1-5H3,(H,30,32)(H,27,28,29,31). The molecule has 2 aromatic heterocycles. The Morgan fingerprint density at radius 2 is 1.75 bits per heavy atom. The van der Waals surface area contributed by atoms with Gasteiger partial charge in [0.2, 0.25) is 5.95 Å². The van der Waals surface area contributed by atoms with E-state index in [9.17, 15) is 4.79 Å². The first-order valence-electron chi connectivity index (χ1n) is 10.7. The third-order valence-electron chi connectivity index (χ3n) is 5.62. The SMILES string of the molecule is CNc1ncc2cc(-c3cc(C(=O)Nc4ccc(C(C)C)c(C)c4)ccc3C)cnc2n1. The minimum atomic E-state index is -0.140. The van der Waals surface area contributed by atoms with Crippen LogP contribution in [0.15, 0.2) is 54.9 Å². The number of nitrogens with zero attached hydrogens (tertiary/aromatic N) is 3. The van der Waals surface area contributed by atoms with Crippen LogP contribution in [0.4, 0.5) is 11.6 Å². The molecule has 0 bridgehead atoms. The van der Waals surface area contributed by atoms with E-state index in [0.29, 0.717) is 23.1 Å². The summed E-state index contributed by atoms with van der Waals surface area (Å²) in [5.74, 6) is 0.841.